The Bertz CT molecular complexity index is 735. The van der Waals surface area contributed by atoms with Crippen LogP contribution in [-0.4, -0.2) is 18.2 Å². The fourth-order valence-corrected chi connectivity index (χ4v) is 2.93. The summed E-state index contributed by atoms with van der Waals surface area (Å²) in [5, 5.41) is 11.3. The second-order valence-corrected chi connectivity index (χ2v) is 6.53. The summed E-state index contributed by atoms with van der Waals surface area (Å²) < 4.78 is 0. The van der Waals surface area contributed by atoms with Crippen LogP contribution in [0.4, 0.5) is 0 Å². The number of primary amides is 1. The number of carbonyl (C=O) groups excluding carboxylic acids is 1. The second kappa shape index (κ2) is 9.73. The maximum absolute atomic E-state index is 11.4. The fraction of sp³-hybridized carbons (Fsp3) is 0.333. The minimum atomic E-state index is -0.587. The Hall–Kier alpha value is -2.66. The number of allylic oxidation sites excluding steroid dienone is 9. The van der Waals surface area contributed by atoms with E-state index in [-0.39, 0.29) is 11.3 Å². The Balaban J connectivity index is 2.05. The largest absolute Gasteiger partial charge is 0.366 e. The van der Waals surface area contributed by atoms with E-state index >= 15 is 0 Å². The van der Waals surface area contributed by atoms with Crippen LogP contribution in [0.25, 0.3) is 0 Å². The molecule has 0 spiro atoms. The van der Waals surface area contributed by atoms with E-state index in [4.69, 9.17) is 16.9 Å². The molecule has 2 aliphatic rings. The molecule has 2 aliphatic carbocycles. The summed E-state index contributed by atoms with van der Waals surface area (Å²) in [4.78, 5) is 11.4. The summed E-state index contributed by atoms with van der Waals surface area (Å²) in [5.41, 5.74) is 14.2. The zero-order chi connectivity index (χ0) is 18.9. The topological polar surface area (TPSA) is 105 Å². The third-order valence-electron chi connectivity index (χ3n) is 4.53. The van der Waals surface area contributed by atoms with Gasteiger partial charge in [0.1, 0.15) is 0 Å². The summed E-state index contributed by atoms with van der Waals surface area (Å²) in [5.74, 6) is -0.0956. The van der Waals surface area contributed by atoms with E-state index in [0.29, 0.717) is 11.5 Å². The molecule has 0 saturated carbocycles. The molecule has 0 saturated heterocycles. The highest BCUT2D eigenvalue weighted by Gasteiger charge is 2.16. The summed E-state index contributed by atoms with van der Waals surface area (Å²) in [6.07, 6.45) is 19.5. The highest BCUT2D eigenvalue weighted by atomic mass is 16.1. The molecule has 26 heavy (non-hydrogen) atoms. The number of hydrogen-bond donors (Lipinski definition) is 4. The quantitative estimate of drug-likeness (QED) is 0.566. The van der Waals surface area contributed by atoms with Crippen molar-refractivity contribution in [1.82, 2.24) is 5.32 Å². The number of nitrogens with one attached hydrogen (secondary N) is 2. The Morgan fingerprint density at radius 2 is 2.08 bits per heavy atom. The molecule has 0 aliphatic heterocycles. The average Bonchev–Trinajstić information content (AvgIpc) is 2.60. The molecular weight excluding hydrogens is 324 g/mol. The molecule has 138 valence electrons. The summed E-state index contributed by atoms with van der Waals surface area (Å²) >= 11 is 0. The molecule has 6 N–H and O–H groups in total. The highest BCUT2D eigenvalue weighted by molar-refractivity contribution is 6.28. The molecule has 0 aromatic heterocycles. The van der Waals surface area contributed by atoms with Gasteiger partial charge in [0.25, 0.3) is 5.91 Å². The predicted octanol–water partition coefficient (Wildman–Crippen LogP) is 3.00. The van der Waals surface area contributed by atoms with Crippen molar-refractivity contribution in [2.45, 2.75) is 32.6 Å². The molecule has 0 fully saturated rings. The molecule has 1 amide bonds. The van der Waals surface area contributed by atoms with Gasteiger partial charge in [-0.25, -0.2) is 0 Å². The molecule has 0 heterocycles. The lowest BCUT2D eigenvalue weighted by molar-refractivity contribution is -0.114. The van der Waals surface area contributed by atoms with Crippen LogP contribution in [0.15, 0.2) is 71.1 Å². The van der Waals surface area contributed by atoms with E-state index in [0.717, 1.165) is 37.9 Å². The van der Waals surface area contributed by atoms with Crippen LogP contribution in [0.1, 0.15) is 32.6 Å². The minimum Gasteiger partial charge on any atom is -0.366 e. The standard InChI is InChI=1S/C21H28N4O/c1-15(6-5-13-22)16-7-2-3-9-18(12-11-16)25-14-17-8-4-10-19(20(17)23)21(24)26/h4,7-12,14-15,23,25H,2-3,5-6,13,22H2,1H3,(H2,24,26)/b12-11-,16-7+,17-14-,18-9-,23-20?. The van der Waals surface area contributed by atoms with E-state index in [1.54, 1.807) is 24.4 Å². The van der Waals surface area contributed by atoms with Gasteiger partial charge < -0.3 is 16.8 Å². The van der Waals surface area contributed by atoms with E-state index in [1.807, 2.05) is 0 Å². The van der Waals surface area contributed by atoms with E-state index < -0.39 is 5.91 Å². The van der Waals surface area contributed by atoms with Gasteiger partial charge in [-0.3, -0.25) is 10.2 Å². The van der Waals surface area contributed by atoms with Crippen molar-refractivity contribution in [1.29, 1.82) is 5.41 Å². The average molecular weight is 352 g/mol. The second-order valence-electron chi connectivity index (χ2n) is 6.53. The number of rotatable bonds is 7. The maximum atomic E-state index is 11.4. The maximum Gasteiger partial charge on any atom is 0.250 e. The first-order chi connectivity index (χ1) is 12.5. The minimum absolute atomic E-state index is 0.138. The number of hydrogen-bond acceptors (Lipinski definition) is 4. The molecule has 0 bridgehead atoms. The number of amides is 1. The summed E-state index contributed by atoms with van der Waals surface area (Å²) in [6, 6.07) is 0. The van der Waals surface area contributed by atoms with Gasteiger partial charge >= 0.3 is 0 Å². The highest BCUT2D eigenvalue weighted by Crippen LogP contribution is 2.21. The number of carbonyl (C=O) groups is 1. The van der Waals surface area contributed by atoms with Crippen LogP contribution in [0.5, 0.6) is 0 Å². The monoisotopic (exact) mass is 352 g/mol. The Morgan fingerprint density at radius 3 is 2.81 bits per heavy atom. The van der Waals surface area contributed by atoms with Crippen LogP contribution >= 0.6 is 0 Å². The van der Waals surface area contributed by atoms with Crippen molar-refractivity contribution < 1.29 is 4.79 Å². The molecule has 0 radical (unpaired) electrons. The van der Waals surface area contributed by atoms with Crippen LogP contribution in [0.3, 0.4) is 0 Å². The van der Waals surface area contributed by atoms with Crippen LogP contribution < -0.4 is 16.8 Å². The van der Waals surface area contributed by atoms with Crippen molar-refractivity contribution in [3.8, 4) is 0 Å². The van der Waals surface area contributed by atoms with Gasteiger partial charge in [-0.1, -0.05) is 37.3 Å². The third-order valence-corrected chi connectivity index (χ3v) is 4.53. The fourth-order valence-electron chi connectivity index (χ4n) is 2.93. The van der Waals surface area contributed by atoms with Gasteiger partial charge in [-0.05, 0) is 55.9 Å². The van der Waals surface area contributed by atoms with E-state index in [1.165, 1.54) is 5.57 Å². The Kier molecular flexibility index (Phi) is 7.36. The first-order valence-corrected chi connectivity index (χ1v) is 9.05. The number of nitrogens with two attached hydrogens (primary N) is 2. The Morgan fingerprint density at radius 1 is 1.31 bits per heavy atom. The van der Waals surface area contributed by atoms with Gasteiger partial charge in [-0.2, -0.15) is 0 Å². The van der Waals surface area contributed by atoms with Gasteiger partial charge in [-0.15, -0.1) is 0 Å². The van der Waals surface area contributed by atoms with Gasteiger partial charge in [0.05, 0.1) is 11.3 Å². The van der Waals surface area contributed by atoms with Crippen LogP contribution in [0.2, 0.25) is 0 Å². The van der Waals surface area contributed by atoms with Crippen molar-refractivity contribution in [2.75, 3.05) is 6.54 Å². The van der Waals surface area contributed by atoms with E-state index in [9.17, 15) is 4.79 Å². The smallest absolute Gasteiger partial charge is 0.250 e. The van der Waals surface area contributed by atoms with Gasteiger partial charge in [0.2, 0.25) is 0 Å². The zero-order valence-electron chi connectivity index (χ0n) is 15.3. The molecule has 0 aromatic rings. The lowest BCUT2D eigenvalue weighted by Gasteiger charge is -2.15. The lowest BCUT2D eigenvalue weighted by Crippen LogP contribution is -2.23. The molecule has 2 rings (SSSR count). The van der Waals surface area contributed by atoms with Crippen molar-refractivity contribution in [3.05, 3.63) is 71.1 Å². The predicted molar refractivity (Wildman–Crippen MR) is 107 cm³/mol. The van der Waals surface area contributed by atoms with Crippen molar-refractivity contribution in [3.63, 3.8) is 0 Å². The molecule has 5 heteroatoms. The van der Waals surface area contributed by atoms with Crippen molar-refractivity contribution in [2.24, 2.45) is 17.4 Å². The first-order valence-electron chi connectivity index (χ1n) is 9.05. The zero-order valence-corrected chi connectivity index (χ0v) is 15.3. The van der Waals surface area contributed by atoms with Crippen LogP contribution in [-0.2, 0) is 4.79 Å². The SMILES string of the molecule is CC(CCCN)C1=C/CC/C=C(N/C=C2/C=CC=C(C(N)=O)C2=N)/C=C\1. The molecule has 1 unspecified atom stereocenters. The molecule has 0 aromatic carbocycles. The van der Waals surface area contributed by atoms with E-state index in [2.05, 4.69) is 36.5 Å². The molecule has 1 atom stereocenters. The molecule has 5 nitrogen and oxygen atoms in total. The van der Waals surface area contributed by atoms with Crippen LogP contribution in [0, 0.1) is 11.3 Å². The Labute approximate surface area is 155 Å². The summed E-state index contributed by atoms with van der Waals surface area (Å²) in [6.45, 7) is 2.96. The third kappa shape index (κ3) is 5.43. The van der Waals surface area contributed by atoms with Gasteiger partial charge in [0, 0.05) is 17.5 Å². The van der Waals surface area contributed by atoms with Gasteiger partial charge in [0.15, 0.2) is 0 Å². The van der Waals surface area contributed by atoms with Crippen molar-refractivity contribution >= 4 is 11.6 Å². The summed E-state index contributed by atoms with van der Waals surface area (Å²) in [7, 11) is 0. The lowest BCUT2D eigenvalue weighted by atomic mass is 9.93. The molecular formula is C21H28N4O. The normalized spacial score (nSPS) is 25.2. The first kappa shape index (κ1) is 19.7.